The van der Waals surface area contributed by atoms with Crippen LogP contribution in [0.3, 0.4) is 0 Å². The van der Waals surface area contributed by atoms with Crippen LogP contribution in [0.2, 0.25) is 0 Å². The lowest BCUT2D eigenvalue weighted by Gasteiger charge is -2.41. The first-order valence-corrected chi connectivity index (χ1v) is 7.92. The zero-order chi connectivity index (χ0) is 14.4. The van der Waals surface area contributed by atoms with Crippen LogP contribution in [0, 0.1) is 0 Å². The highest BCUT2D eigenvalue weighted by Crippen LogP contribution is 2.45. The van der Waals surface area contributed by atoms with Crippen molar-refractivity contribution in [3.63, 3.8) is 0 Å². The maximum Gasteiger partial charge on any atom is 0.119 e. The molecular formula is C19H21NO. The molecule has 108 valence electrons. The van der Waals surface area contributed by atoms with Crippen LogP contribution in [0.5, 0.6) is 5.75 Å². The van der Waals surface area contributed by atoms with E-state index in [0.29, 0.717) is 17.8 Å². The number of rotatable bonds is 1. The van der Waals surface area contributed by atoms with Gasteiger partial charge in [-0.1, -0.05) is 30.3 Å². The zero-order valence-corrected chi connectivity index (χ0v) is 12.4. The van der Waals surface area contributed by atoms with Gasteiger partial charge in [0, 0.05) is 11.7 Å². The molecule has 0 aromatic heterocycles. The first kappa shape index (κ1) is 12.8. The van der Waals surface area contributed by atoms with Gasteiger partial charge in [0.2, 0.25) is 0 Å². The summed E-state index contributed by atoms with van der Waals surface area (Å²) in [6.45, 7) is 2.33. The van der Waals surface area contributed by atoms with Crippen molar-refractivity contribution in [2.24, 2.45) is 0 Å². The maximum atomic E-state index is 10.1. The second-order valence-corrected chi connectivity index (χ2v) is 6.32. The summed E-state index contributed by atoms with van der Waals surface area (Å²) >= 11 is 0. The third kappa shape index (κ3) is 1.93. The number of hydrogen-bond acceptors (Lipinski definition) is 2. The molecule has 2 heteroatoms. The van der Waals surface area contributed by atoms with Gasteiger partial charge in [-0.05, 0) is 61.4 Å². The first-order chi connectivity index (χ1) is 10.3. The molecule has 21 heavy (non-hydrogen) atoms. The summed E-state index contributed by atoms with van der Waals surface area (Å²) in [6, 6.07) is 15.7. The molecule has 1 aliphatic carbocycles. The molecule has 1 heterocycles. The van der Waals surface area contributed by atoms with Gasteiger partial charge in [-0.3, -0.25) is 0 Å². The van der Waals surface area contributed by atoms with E-state index in [1.54, 1.807) is 0 Å². The fourth-order valence-electron chi connectivity index (χ4n) is 4.09. The van der Waals surface area contributed by atoms with Crippen molar-refractivity contribution in [3.8, 4) is 5.75 Å². The van der Waals surface area contributed by atoms with Crippen molar-refractivity contribution in [3.05, 3.63) is 59.2 Å². The average Bonchev–Trinajstić information content (AvgIpc) is 2.92. The predicted molar refractivity (Wildman–Crippen MR) is 85.9 cm³/mol. The smallest absolute Gasteiger partial charge is 0.119 e. The minimum atomic E-state index is 0.406. The lowest BCUT2D eigenvalue weighted by molar-refractivity contribution is 0.469. The Kier molecular flexibility index (Phi) is 2.91. The van der Waals surface area contributed by atoms with Crippen LogP contribution in [-0.4, -0.2) is 11.1 Å². The quantitative estimate of drug-likeness (QED) is 0.844. The molecule has 2 aromatic rings. The van der Waals surface area contributed by atoms with Crippen LogP contribution >= 0.6 is 0 Å². The summed E-state index contributed by atoms with van der Waals surface area (Å²) in [5.74, 6) is 0.466. The molecule has 4 rings (SSSR count). The number of aryl methyl sites for hydroxylation is 1. The Bertz CT molecular complexity index is 679. The van der Waals surface area contributed by atoms with Crippen LogP contribution in [0.4, 0.5) is 5.69 Å². The number of aromatic hydroxyl groups is 1. The van der Waals surface area contributed by atoms with Gasteiger partial charge >= 0.3 is 0 Å². The summed E-state index contributed by atoms with van der Waals surface area (Å²) in [4.78, 5) is 2.59. The highest BCUT2D eigenvalue weighted by molar-refractivity contribution is 5.60. The minimum absolute atomic E-state index is 0.406. The molecule has 0 fully saturated rings. The van der Waals surface area contributed by atoms with E-state index in [0.717, 1.165) is 18.4 Å². The van der Waals surface area contributed by atoms with Gasteiger partial charge < -0.3 is 10.0 Å². The summed E-state index contributed by atoms with van der Waals surface area (Å²) in [6.07, 6.45) is 4.47. The van der Waals surface area contributed by atoms with E-state index in [1.165, 1.54) is 29.7 Å². The normalized spacial score (nSPS) is 23.8. The van der Waals surface area contributed by atoms with Gasteiger partial charge in [-0.2, -0.15) is 0 Å². The Balaban J connectivity index is 1.80. The van der Waals surface area contributed by atoms with E-state index in [1.807, 2.05) is 12.1 Å². The van der Waals surface area contributed by atoms with Crippen LogP contribution in [-0.2, 0) is 12.8 Å². The molecular weight excluding hydrogens is 258 g/mol. The lowest BCUT2D eigenvalue weighted by Crippen LogP contribution is -2.39. The fraction of sp³-hybridized carbons (Fsp3) is 0.368. The highest BCUT2D eigenvalue weighted by Gasteiger charge is 2.34. The SMILES string of the molecule is CC1CCc2ccccc2N1C1CCc2c(O)cccc21. The van der Waals surface area contributed by atoms with E-state index >= 15 is 0 Å². The second-order valence-electron chi connectivity index (χ2n) is 6.32. The largest absolute Gasteiger partial charge is 0.508 e. The van der Waals surface area contributed by atoms with E-state index in [-0.39, 0.29) is 0 Å². The molecule has 0 radical (unpaired) electrons. The van der Waals surface area contributed by atoms with Crippen molar-refractivity contribution in [1.82, 2.24) is 0 Å². The van der Waals surface area contributed by atoms with Gasteiger partial charge in [0.05, 0.1) is 6.04 Å². The number of fused-ring (bicyclic) bond motifs is 2. The summed E-state index contributed by atoms with van der Waals surface area (Å²) in [7, 11) is 0. The average molecular weight is 279 g/mol. The van der Waals surface area contributed by atoms with Crippen molar-refractivity contribution in [2.75, 3.05) is 4.90 Å². The Morgan fingerprint density at radius 1 is 1.00 bits per heavy atom. The third-order valence-corrected chi connectivity index (χ3v) is 5.13. The molecule has 2 aliphatic rings. The molecule has 2 unspecified atom stereocenters. The van der Waals surface area contributed by atoms with Crippen molar-refractivity contribution < 1.29 is 5.11 Å². The van der Waals surface area contributed by atoms with Gasteiger partial charge in [-0.15, -0.1) is 0 Å². The molecule has 0 amide bonds. The Labute approximate surface area is 126 Å². The van der Waals surface area contributed by atoms with Gasteiger partial charge in [0.1, 0.15) is 5.75 Å². The second kappa shape index (κ2) is 4.80. The Morgan fingerprint density at radius 3 is 2.76 bits per heavy atom. The number of para-hydroxylation sites is 1. The number of phenolic OH excluding ortho intramolecular Hbond substituents is 1. The monoisotopic (exact) mass is 279 g/mol. The van der Waals surface area contributed by atoms with E-state index in [4.69, 9.17) is 0 Å². The van der Waals surface area contributed by atoms with E-state index in [9.17, 15) is 5.11 Å². The van der Waals surface area contributed by atoms with Crippen LogP contribution in [0.1, 0.15) is 42.5 Å². The number of nitrogens with zero attached hydrogens (tertiary/aromatic N) is 1. The Hall–Kier alpha value is -1.96. The predicted octanol–water partition coefficient (Wildman–Crippen LogP) is 4.22. The van der Waals surface area contributed by atoms with Crippen molar-refractivity contribution in [2.45, 2.75) is 44.7 Å². The molecule has 2 nitrogen and oxygen atoms in total. The van der Waals surface area contributed by atoms with E-state index < -0.39 is 0 Å². The van der Waals surface area contributed by atoms with Crippen molar-refractivity contribution in [1.29, 1.82) is 0 Å². The molecule has 0 spiro atoms. The molecule has 2 atom stereocenters. The molecule has 2 aromatic carbocycles. The molecule has 0 saturated carbocycles. The number of phenols is 1. The maximum absolute atomic E-state index is 10.1. The molecule has 0 bridgehead atoms. The standard InChI is InChI=1S/C19H21NO/c1-13-9-10-14-5-2-3-7-17(14)20(13)18-12-11-16-15(18)6-4-8-19(16)21/h2-8,13,18,21H,9-12H2,1H3. The molecule has 1 N–H and O–H groups in total. The fourth-order valence-corrected chi connectivity index (χ4v) is 4.09. The zero-order valence-electron chi connectivity index (χ0n) is 12.4. The number of benzene rings is 2. The van der Waals surface area contributed by atoms with Gasteiger partial charge in [0.25, 0.3) is 0 Å². The summed E-state index contributed by atoms with van der Waals surface area (Å²) < 4.78 is 0. The van der Waals surface area contributed by atoms with Crippen LogP contribution < -0.4 is 4.90 Å². The Morgan fingerprint density at radius 2 is 1.86 bits per heavy atom. The van der Waals surface area contributed by atoms with E-state index in [2.05, 4.69) is 42.2 Å². The topological polar surface area (TPSA) is 23.5 Å². The van der Waals surface area contributed by atoms with Crippen LogP contribution in [0.25, 0.3) is 0 Å². The minimum Gasteiger partial charge on any atom is -0.508 e. The van der Waals surface area contributed by atoms with Gasteiger partial charge in [-0.25, -0.2) is 0 Å². The molecule has 0 saturated heterocycles. The van der Waals surface area contributed by atoms with Gasteiger partial charge in [0.15, 0.2) is 0 Å². The lowest BCUT2D eigenvalue weighted by atomic mass is 9.93. The number of hydrogen-bond donors (Lipinski definition) is 1. The highest BCUT2D eigenvalue weighted by atomic mass is 16.3. The van der Waals surface area contributed by atoms with Crippen LogP contribution in [0.15, 0.2) is 42.5 Å². The third-order valence-electron chi connectivity index (χ3n) is 5.13. The molecule has 1 aliphatic heterocycles. The number of anilines is 1. The van der Waals surface area contributed by atoms with Crippen molar-refractivity contribution >= 4 is 5.69 Å². The first-order valence-electron chi connectivity index (χ1n) is 7.92. The summed E-state index contributed by atoms with van der Waals surface area (Å²) in [5, 5.41) is 10.1. The summed E-state index contributed by atoms with van der Waals surface area (Å²) in [5.41, 5.74) is 5.32.